The number of pyridine rings is 2. The Balaban J connectivity index is 1.71. The van der Waals surface area contributed by atoms with Gasteiger partial charge in [0.15, 0.2) is 5.13 Å². The van der Waals surface area contributed by atoms with Crippen LogP contribution in [0.3, 0.4) is 0 Å². The van der Waals surface area contributed by atoms with Crippen LogP contribution in [0.4, 0.5) is 10.8 Å². The topological polar surface area (TPSA) is 55.1 Å². The lowest BCUT2D eigenvalue weighted by Crippen LogP contribution is -1.92. The van der Waals surface area contributed by atoms with Crippen LogP contribution in [-0.2, 0) is 0 Å². The highest BCUT2D eigenvalue weighted by Gasteiger charge is 2.14. The molecule has 0 aromatic carbocycles. The first-order chi connectivity index (χ1) is 11.2. The summed E-state index contributed by atoms with van der Waals surface area (Å²) in [5.74, 6) is 0. The van der Waals surface area contributed by atoms with Crippen molar-refractivity contribution >= 4 is 27.8 Å². The standard InChI is InChI=1S/C17H15N5S/c1-11-6-7-13(9-18-11)20-17-21-16(12(2)23-17)14-10-19-15-5-3-4-8-22(14)15/h3-10H,1-2H3,(H,20,21). The molecule has 0 aliphatic rings. The van der Waals surface area contributed by atoms with Crippen LogP contribution >= 0.6 is 11.3 Å². The van der Waals surface area contributed by atoms with E-state index in [-0.39, 0.29) is 0 Å². The average molecular weight is 321 g/mol. The molecular weight excluding hydrogens is 306 g/mol. The Bertz CT molecular complexity index is 968. The minimum absolute atomic E-state index is 0.856. The Morgan fingerprint density at radius 2 is 1.96 bits per heavy atom. The average Bonchev–Trinajstić information content (AvgIpc) is 3.13. The molecule has 6 heteroatoms. The summed E-state index contributed by atoms with van der Waals surface area (Å²) in [4.78, 5) is 14.6. The van der Waals surface area contributed by atoms with Crippen LogP contribution in [0, 0.1) is 13.8 Å². The molecule has 0 aliphatic heterocycles. The third-order valence-corrected chi connectivity index (χ3v) is 4.51. The van der Waals surface area contributed by atoms with Gasteiger partial charge in [-0.25, -0.2) is 9.97 Å². The monoisotopic (exact) mass is 321 g/mol. The molecule has 114 valence electrons. The van der Waals surface area contributed by atoms with E-state index in [9.17, 15) is 0 Å². The van der Waals surface area contributed by atoms with Crippen molar-refractivity contribution in [1.82, 2.24) is 19.4 Å². The summed E-state index contributed by atoms with van der Waals surface area (Å²) in [6.07, 6.45) is 5.70. The molecule has 0 spiro atoms. The fourth-order valence-electron chi connectivity index (χ4n) is 2.46. The van der Waals surface area contributed by atoms with Crippen LogP contribution in [0.25, 0.3) is 17.0 Å². The lowest BCUT2D eigenvalue weighted by Gasteiger charge is -2.01. The molecule has 4 aromatic heterocycles. The predicted molar refractivity (Wildman–Crippen MR) is 93.3 cm³/mol. The van der Waals surface area contributed by atoms with Gasteiger partial charge in [-0.2, -0.15) is 0 Å². The van der Waals surface area contributed by atoms with Crippen molar-refractivity contribution in [3.05, 3.63) is 59.5 Å². The van der Waals surface area contributed by atoms with E-state index in [1.165, 1.54) is 0 Å². The summed E-state index contributed by atoms with van der Waals surface area (Å²) in [6, 6.07) is 9.96. The number of aryl methyl sites for hydroxylation is 2. The lowest BCUT2D eigenvalue weighted by atomic mass is 10.3. The van der Waals surface area contributed by atoms with Crippen molar-refractivity contribution in [2.24, 2.45) is 0 Å². The molecule has 0 atom stereocenters. The maximum atomic E-state index is 4.74. The van der Waals surface area contributed by atoms with Crippen molar-refractivity contribution in [1.29, 1.82) is 0 Å². The van der Waals surface area contributed by atoms with Gasteiger partial charge >= 0.3 is 0 Å². The molecule has 4 aromatic rings. The van der Waals surface area contributed by atoms with Crippen LogP contribution in [0.1, 0.15) is 10.6 Å². The van der Waals surface area contributed by atoms with E-state index in [1.54, 1.807) is 11.3 Å². The van der Waals surface area contributed by atoms with Gasteiger partial charge in [0.25, 0.3) is 0 Å². The maximum absolute atomic E-state index is 4.74. The van der Waals surface area contributed by atoms with E-state index in [0.717, 1.165) is 38.4 Å². The molecular formula is C17H15N5S. The highest BCUT2D eigenvalue weighted by Crippen LogP contribution is 2.32. The van der Waals surface area contributed by atoms with E-state index >= 15 is 0 Å². The Kier molecular flexibility index (Phi) is 3.31. The van der Waals surface area contributed by atoms with E-state index in [4.69, 9.17) is 4.98 Å². The third-order valence-electron chi connectivity index (χ3n) is 3.62. The highest BCUT2D eigenvalue weighted by atomic mass is 32.1. The highest BCUT2D eigenvalue weighted by molar-refractivity contribution is 7.16. The van der Waals surface area contributed by atoms with Gasteiger partial charge in [0.1, 0.15) is 11.3 Å². The van der Waals surface area contributed by atoms with Gasteiger partial charge < -0.3 is 5.32 Å². The Morgan fingerprint density at radius 1 is 1.04 bits per heavy atom. The zero-order chi connectivity index (χ0) is 15.8. The number of nitrogens with one attached hydrogen (secondary N) is 1. The smallest absolute Gasteiger partial charge is 0.188 e. The number of aromatic nitrogens is 4. The number of nitrogens with zero attached hydrogens (tertiary/aromatic N) is 4. The minimum atomic E-state index is 0.856. The van der Waals surface area contributed by atoms with Crippen molar-refractivity contribution in [3.63, 3.8) is 0 Å². The summed E-state index contributed by atoms with van der Waals surface area (Å²) in [5, 5.41) is 4.17. The fourth-order valence-corrected chi connectivity index (χ4v) is 3.30. The number of anilines is 2. The fraction of sp³-hybridized carbons (Fsp3) is 0.118. The SMILES string of the molecule is Cc1ccc(Nc2nc(-c3cnc4ccccn34)c(C)s2)cn1. The van der Waals surface area contributed by atoms with Crippen molar-refractivity contribution in [2.45, 2.75) is 13.8 Å². The van der Waals surface area contributed by atoms with E-state index < -0.39 is 0 Å². The van der Waals surface area contributed by atoms with Gasteiger partial charge in [-0.3, -0.25) is 9.38 Å². The lowest BCUT2D eigenvalue weighted by molar-refractivity contribution is 1.17. The molecule has 0 fully saturated rings. The van der Waals surface area contributed by atoms with Gasteiger partial charge in [-0.05, 0) is 38.1 Å². The molecule has 1 N–H and O–H groups in total. The molecule has 4 rings (SSSR count). The van der Waals surface area contributed by atoms with Gasteiger partial charge in [0, 0.05) is 16.8 Å². The van der Waals surface area contributed by atoms with Crippen LogP contribution < -0.4 is 5.32 Å². The Labute approximate surface area is 137 Å². The van der Waals surface area contributed by atoms with Crippen LogP contribution in [0.2, 0.25) is 0 Å². The van der Waals surface area contributed by atoms with Crippen LogP contribution in [0.15, 0.2) is 48.9 Å². The molecule has 0 saturated heterocycles. The molecule has 0 radical (unpaired) electrons. The number of fused-ring (bicyclic) bond motifs is 1. The molecule has 0 amide bonds. The molecule has 0 bridgehead atoms. The zero-order valence-electron chi connectivity index (χ0n) is 12.8. The molecule has 0 aliphatic carbocycles. The number of rotatable bonds is 3. The summed E-state index contributed by atoms with van der Waals surface area (Å²) < 4.78 is 2.05. The van der Waals surface area contributed by atoms with Crippen molar-refractivity contribution in [3.8, 4) is 11.4 Å². The summed E-state index contributed by atoms with van der Waals surface area (Å²) in [6.45, 7) is 4.05. The summed E-state index contributed by atoms with van der Waals surface area (Å²) >= 11 is 1.63. The van der Waals surface area contributed by atoms with Gasteiger partial charge in [-0.15, -0.1) is 11.3 Å². The molecule has 0 unspecified atom stereocenters. The molecule has 0 saturated carbocycles. The van der Waals surface area contributed by atoms with Crippen molar-refractivity contribution < 1.29 is 0 Å². The molecule has 5 nitrogen and oxygen atoms in total. The maximum Gasteiger partial charge on any atom is 0.188 e. The first-order valence-corrected chi connectivity index (χ1v) is 8.12. The predicted octanol–water partition coefficient (Wildman–Crippen LogP) is 4.21. The number of hydrogen-bond acceptors (Lipinski definition) is 5. The number of imidazole rings is 1. The molecule has 4 heterocycles. The minimum Gasteiger partial charge on any atom is -0.330 e. The second-order valence-corrected chi connectivity index (χ2v) is 6.51. The second kappa shape index (κ2) is 5.48. The first-order valence-electron chi connectivity index (χ1n) is 7.30. The van der Waals surface area contributed by atoms with E-state index in [1.807, 2.05) is 55.8 Å². The van der Waals surface area contributed by atoms with Crippen LogP contribution in [0.5, 0.6) is 0 Å². The quantitative estimate of drug-likeness (QED) is 0.614. The zero-order valence-corrected chi connectivity index (χ0v) is 13.6. The van der Waals surface area contributed by atoms with Gasteiger partial charge in [-0.1, -0.05) is 6.07 Å². The normalized spacial score (nSPS) is 11.0. The summed E-state index contributed by atoms with van der Waals surface area (Å²) in [5.41, 5.74) is 4.82. The number of hydrogen-bond donors (Lipinski definition) is 1. The third kappa shape index (κ3) is 2.57. The van der Waals surface area contributed by atoms with E-state index in [2.05, 4.69) is 26.6 Å². The largest absolute Gasteiger partial charge is 0.330 e. The first kappa shape index (κ1) is 13.9. The summed E-state index contributed by atoms with van der Waals surface area (Å²) in [7, 11) is 0. The molecule has 23 heavy (non-hydrogen) atoms. The van der Waals surface area contributed by atoms with E-state index in [0.29, 0.717) is 0 Å². The number of thiazole rings is 1. The second-order valence-electron chi connectivity index (χ2n) is 5.31. The van der Waals surface area contributed by atoms with Gasteiger partial charge in [0.2, 0.25) is 0 Å². The van der Waals surface area contributed by atoms with Crippen molar-refractivity contribution in [2.75, 3.05) is 5.32 Å². The Morgan fingerprint density at radius 3 is 2.78 bits per heavy atom. The van der Waals surface area contributed by atoms with Crippen LogP contribution in [-0.4, -0.2) is 19.4 Å². The van der Waals surface area contributed by atoms with Gasteiger partial charge in [0.05, 0.1) is 23.8 Å². The Hall–Kier alpha value is -2.73.